The summed E-state index contributed by atoms with van der Waals surface area (Å²) in [7, 11) is 0. The predicted octanol–water partition coefficient (Wildman–Crippen LogP) is 13.8. The second kappa shape index (κ2) is 22.8. The summed E-state index contributed by atoms with van der Waals surface area (Å²) in [4.78, 5) is 32.6. The molecule has 1 aliphatic rings. The number of carbonyl (C=O) groups is 2. The summed E-state index contributed by atoms with van der Waals surface area (Å²) < 4.78 is 0. The first-order valence-electron chi connectivity index (χ1n) is 21.1. The van der Waals surface area contributed by atoms with Gasteiger partial charge >= 0.3 is 0 Å². The van der Waals surface area contributed by atoms with Gasteiger partial charge in [0, 0.05) is 44.2 Å². The summed E-state index contributed by atoms with van der Waals surface area (Å²) in [6.07, 6.45) is 7.44. The summed E-state index contributed by atoms with van der Waals surface area (Å²) in [5.74, 6) is 4.60. The van der Waals surface area contributed by atoms with Crippen LogP contribution in [0, 0.1) is 51.7 Å². The Morgan fingerprint density at radius 1 is 0.690 bits per heavy atom. The van der Waals surface area contributed by atoms with Gasteiger partial charge in [-0.15, -0.1) is 40.5 Å². The van der Waals surface area contributed by atoms with Crippen molar-refractivity contribution >= 4 is 34.3 Å². The average Bonchev–Trinajstić information content (AvgIpc) is 3.17. The Bertz CT molecular complexity index is 2160. The zero-order chi connectivity index (χ0) is 41.8. The van der Waals surface area contributed by atoms with Gasteiger partial charge in [0.2, 0.25) is 0 Å². The number of carbonyl (C=O) groups excluding carboxylic acids is 2. The molecule has 4 aromatic carbocycles. The third-order valence-corrected chi connectivity index (χ3v) is 11.0. The van der Waals surface area contributed by atoms with E-state index in [1.165, 1.54) is 44.2 Å². The summed E-state index contributed by atoms with van der Waals surface area (Å²) >= 11 is 0. The van der Waals surface area contributed by atoms with Crippen molar-refractivity contribution in [3.8, 4) is 11.3 Å². The summed E-state index contributed by atoms with van der Waals surface area (Å²) in [5.41, 5.74) is 13.3. The van der Waals surface area contributed by atoms with Gasteiger partial charge in [-0.25, -0.2) is 4.99 Å². The number of rotatable bonds is 12. The van der Waals surface area contributed by atoms with Crippen LogP contribution in [0.2, 0.25) is 0 Å². The van der Waals surface area contributed by atoms with E-state index in [1.54, 1.807) is 0 Å². The molecule has 1 atom stereocenters. The Hall–Kier alpha value is -4.27. The minimum atomic E-state index is 0. The van der Waals surface area contributed by atoms with Crippen LogP contribution in [0.1, 0.15) is 155 Å². The summed E-state index contributed by atoms with van der Waals surface area (Å²) in [5, 5.41) is 2.45. The third kappa shape index (κ3) is 12.9. The number of Topliss-reactive ketones (excluding diaryl/α,β-unsaturated/α-hetero) is 2. The molecule has 0 spiro atoms. The largest absolute Gasteiger partial charge is 0.304 e. The van der Waals surface area contributed by atoms with Gasteiger partial charge in [-0.2, -0.15) is 29.3 Å². The minimum absolute atomic E-state index is 0. The molecule has 1 radical (unpaired) electrons. The number of nitrogens with zero attached hydrogens (tertiary/aromatic N) is 2. The van der Waals surface area contributed by atoms with E-state index < -0.39 is 0 Å². The van der Waals surface area contributed by atoms with E-state index >= 15 is 0 Å². The van der Waals surface area contributed by atoms with Gasteiger partial charge in [-0.3, -0.25) is 9.59 Å². The molecule has 0 N–H and O–H groups in total. The summed E-state index contributed by atoms with van der Waals surface area (Å²) in [6.45, 7) is 25.3. The number of hydrogen-bond donors (Lipinski definition) is 0. The van der Waals surface area contributed by atoms with E-state index in [2.05, 4.69) is 150 Å². The van der Waals surface area contributed by atoms with E-state index in [0.717, 1.165) is 53.6 Å². The van der Waals surface area contributed by atoms with Crippen LogP contribution in [-0.4, -0.2) is 22.4 Å². The number of aryl methyl sites for hydroxylation is 4. The molecule has 5 aromatic rings. The van der Waals surface area contributed by atoms with Gasteiger partial charge in [0.15, 0.2) is 0 Å². The second-order valence-electron chi connectivity index (χ2n) is 16.3. The average molecular weight is 953 g/mol. The van der Waals surface area contributed by atoms with E-state index in [1.807, 2.05) is 40.0 Å². The number of benzene rings is 4. The minimum Gasteiger partial charge on any atom is -0.304 e. The van der Waals surface area contributed by atoms with Gasteiger partial charge < -0.3 is 4.98 Å². The van der Waals surface area contributed by atoms with Crippen LogP contribution in [0.4, 0.5) is 0 Å². The predicted molar refractivity (Wildman–Crippen MR) is 241 cm³/mol. The topological polar surface area (TPSA) is 59.4 Å². The van der Waals surface area contributed by atoms with Crippen molar-refractivity contribution in [2.45, 2.75) is 133 Å². The molecule has 4 nitrogen and oxygen atoms in total. The number of aliphatic imine (C=N–C) groups is 1. The number of aromatic nitrogens is 1. The maximum atomic E-state index is 11.7. The van der Waals surface area contributed by atoms with E-state index in [9.17, 15) is 9.59 Å². The van der Waals surface area contributed by atoms with Crippen molar-refractivity contribution in [3.63, 3.8) is 0 Å². The maximum absolute atomic E-state index is 11.7. The number of ketones is 2. The Morgan fingerprint density at radius 3 is 1.79 bits per heavy atom. The third-order valence-electron chi connectivity index (χ3n) is 11.0. The quantitative estimate of drug-likeness (QED) is 0.0925. The van der Waals surface area contributed by atoms with Crippen molar-refractivity contribution in [1.29, 1.82) is 0 Å². The first kappa shape index (κ1) is 48.1. The Morgan fingerprint density at radius 2 is 1.24 bits per heavy atom. The monoisotopic (exact) mass is 953 g/mol. The molecule has 0 bridgehead atoms. The normalized spacial score (nSPS) is 12.9. The zero-order valence-corrected chi connectivity index (χ0v) is 39.4. The molecule has 0 amide bonds. The van der Waals surface area contributed by atoms with Gasteiger partial charge in [-0.1, -0.05) is 119 Å². The fourth-order valence-corrected chi connectivity index (χ4v) is 7.63. The van der Waals surface area contributed by atoms with Crippen LogP contribution in [0.25, 0.3) is 28.1 Å². The SMILES string of the molecule is CCC(CC)C(=O)CC(=O)C(CC)CC.Cc1[c-]c(-c2nccc3cc(C(C)C)ccc23)cc(C)c1.Cc1[c-]c(C2N=C=Cc3cc(C(C)C)ccc32)cc(C)c1.[Ir]. The molecule has 1 unspecified atom stereocenters. The fourth-order valence-electron chi connectivity index (χ4n) is 7.63. The van der Waals surface area contributed by atoms with Crippen molar-refractivity contribution in [3.05, 3.63) is 135 Å². The first-order valence-corrected chi connectivity index (χ1v) is 21.1. The Kier molecular flexibility index (Phi) is 18.9. The van der Waals surface area contributed by atoms with Crippen molar-refractivity contribution in [2.75, 3.05) is 0 Å². The smallest absolute Gasteiger partial charge is 0.143 e. The standard InChI is InChI=1S/2C20H20N.C13H24O2.Ir/c2*1-13(2)16-5-6-19-17(12-16)7-8-21-20(19)18-10-14(3)9-15(4)11-18;1-5-10(6-2)12(14)9-13(15)11(7-3)8-4;/h5-7,9-10,12-13,20H,1-4H3;5-10,12-13H,1-4H3;10-11H,5-9H2,1-4H3;/q2*-1;;. The van der Waals surface area contributed by atoms with Crippen LogP contribution in [0.3, 0.4) is 0 Å². The molecule has 2 heterocycles. The summed E-state index contributed by atoms with van der Waals surface area (Å²) in [6, 6.07) is 31.0. The van der Waals surface area contributed by atoms with Crippen LogP contribution in [0.15, 0.2) is 77.9 Å². The molecule has 0 saturated heterocycles. The molecular formula is C53H64IrN2O2-2. The van der Waals surface area contributed by atoms with Gasteiger partial charge in [0.25, 0.3) is 0 Å². The number of pyridine rings is 1. The number of fused-ring (bicyclic) bond motifs is 2. The van der Waals surface area contributed by atoms with Crippen molar-refractivity contribution in [1.82, 2.24) is 4.98 Å². The molecule has 0 aliphatic carbocycles. The molecule has 1 aliphatic heterocycles. The second-order valence-corrected chi connectivity index (χ2v) is 16.3. The van der Waals surface area contributed by atoms with Gasteiger partial charge in [0.1, 0.15) is 11.6 Å². The van der Waals surface area contributed by atoms with E-state index in [0.29, 0.717) is 11.8 Å². The van der Waals surface area contributed by atoms with E-state index in [-0.39, 0.29) is 56.0 Å². The Labute approximate surface area is 363 Å². The maximum Gasteiger partial charge on any atom is 0.143 e. The molecule has 1 aromatic heterocycles. The molecule has 5 heteroatoms. The molecule has 6 rings (SSSR count). The number of hydrogen-bond acceptors (Lipinski definition) is 4. The molecular weight excluding hydrogens is 889 g/mol. The van der Waals surface area contributed by atoms with Crippen molar-refractivity contribution < 1.29 is 29.7 Å². The van der Waals surface area contributed by atoms with Crippen LogP contribution in [0.5, 0.6) is 0 Å². The van der Waals surface area contributed by atoms with Gasteiger partial charge in [0.05, 0.1) is 12.5 Å². The molecule has 0 fully saturated rings. The first-order chi connectivity index (χ1) is 27.2. The van der Waals surface area contributed by atoms with Crippen LogP contribution < -0.4 is 0 Å². The van der Waals surface area contributed by atoms with Gasteiger partial charge in [-0.05, 0) is 88.2 Å². The van der Waals surface area contributed by atoms with Crippen molar-refractivity contribution in [2.24, 2.45) is 16.8 Å². The molecule has 0 saturated carbocycles. The van der Waals surface area contributed by atoms with Crippen LogP contribution >= 0.6 is 0 Å². The van der Waals surface area contributed by atoms with E-state index in [4.69, 9.17) is 0 Å². The molecule has 309 valence electrons. The molecule has 58 heavy (non-hydrogen) atoms. The Balaban J connectivity index is 0.000000235. The zero-order valence-electron chi connectivity index (χ0n) is 37.0. The fraction of sp³-hybridized carbons (Fsp3) is 0.415. The van der Waals surface area contributed by atoms with Crippen LogP contribution in [-0.2, 0) is 29.7 Å².